The second-order valence-electron chi connectivity index (χ2n) is 8.15. The lowest BCUT2D eigenvalue weighted by molar-refractivity contribution is -0.143. The van der Waals surface area contributed by atoms with Crippen molar-refractivity contribution in [1.82, 2.24) is 14.8 Å². The average Bonchev–Trinajstić information content (AvgIpc) is 3.57. The summed E-state index contributed by atoms with van der Waals surface area (Å²) in [5.74, 6) is -0.365. The van der Waals surface area contributed by atoms with Gasteiger partial charge in [-0.25, -0.2) is 5.01 Å². The molecule has 2 aliphatic heterocycles. The van der Waals surface area contributed by atoms with Gasteiger partial charge in [-0.05, 0) is 35.4 Å². The van der Waals surface area contributed by atoms with E-state index in [1.54, 1.807) is 32.6 Å². The van der Waals surface area contributed by atoms with Gasteiger partial charge in [0.05, 0.1) is 29.8 Å². The number of hydrogen-bond acceptors (Lipinski definition) is 8. The maximum atomic E-state index is 13.5. The largest absolute Gasteiger partial charge is 0.379 e. The molecule has 0 aromatic carbocycles. The van der Waals surface area contributed by atoms with Crippen molar-refractivity contribution in [2.24, 2.45) is 5.10 Å². The first kappa shape index (κ1) is 24.0. The summed E-state index contributed by atoms with van der Waals surface area (Å²) in [6, 6.07) is 5.96. The van der Waals surface area contributed by atoms with E-state index in [0.29, 0.717) is 32.7 Å². The molecule has 2 amide bonds. The third-order valence-corrected chi connectivity index (χ3v) is 7.95. The van der Waals surface area contributed by atoms with E-state index >= 15 is 0 Å². The maximum Gasteiger partial charge on any atom is 0.262 e. The summed E-state index contributed by atoms with van der Waals surface area (Å²) in [6.45, 7) is 6.22. The van der Waals surface area contributed by atoms with Crippen LogP contribution in [-0.4, -0.2) is 92.0 Å². The number of rotatable bonds is 9. The van der Waals surface area contributed by atoms with Crippen LogP contribution in [0.1, 0.15) is 27.8 Å². The van der Waals surface area contributed by atoms with Crippen molar-refractivity contribution in [2.45, 2.75) is 19.4 Å². The molecule has 2 aromatic heterocycles. The smallest absolute Gasteiger partial charge is 0.262 e. The molecule has 178 valence electrons. The van der Waals surface area contributed by atoms with Crippen LogP contribution in [0.4, 0.5) is 0 Å². The molecule has 0 radical (unpaired) electrons. The fourth-order valence-corrected chi connectivity index (χ4v) is 5.83. The zero-order valence-corrected chi connectivity index (χ0v) is 20.7. The molecule has 0 unspecified atom stereocenters. The Morgan fingerprint density at radius 3 is 2.73 bits per heavy atom. The topological polar surface area (TPSA) is 74.7 Å². The van der Waals surface area contributed by atoms with Gasteiger partial charge in [-0.2, -0.15) is 5.10 Å². The molecule has 0 N–H and O–H groups in total. The van der Waals surface area contributed by atoms with Crippen molar-refractivity contribution < 1.29 is 19.1 Å². The highest BCUT2D eigenvalue weighted by atomic mass is 32.1. The molecule has 2 aromatic rings. The zero-order chi connectivity index (χ0) is 23.2. The molecule has 0 aliphatic carbocycles. The van der Waals surface area contributed by atoms with Crippen LogP contribution in [-0.2, 0) is 19.1 Å². The van der Waals surface area contributed by atoms with E-state index in [2.05, 4.69) is 17.9 Å². The van der Waals surface area contributed by atoms with E-state index in [4.69, 9.17) is 14.6 Å². The predicted octanol–water partition coefficient (Wildman–Crippen LogP) is 2.60. The molecule has 2 aliphatic rings. The lowest BCUT2D eigenvalue weighted by Crippen LogP contribution is -2.47. The molecule has 8 nitrogen and oxygen atoms in total. The fraction of sp³-hybridized carbons (Fsp3) is 0.522. The van der Waals surface area contributed by atoms with Gasteiger partial charge in [-0.3, -0.25) is 14.5 Å². The summed E-state index contributed by atoms with van der Waals surface area (Å²) < 4.78 is 10.5. The number of morpholine rings is 1. The normalized spacial score (nSPS) is 19.0. The number of aryl methyl sites for hydroxylation is 1. The van der Waals surface area contributed by atoms with Crippen LogP contribution in [0, 0.1) is 6.92 Å². The molecule has 0 spiro atoms. The van der Waals surface area contributed by atoms with Crippen molar-refractivity contribution in [1.29, 1.82) is 0 Å². The third kappa shape index (κ3) is 5.88. The predicted molar refractivity (Wildman–Crippen MR) is 130 cm³/mol. The highest BCUT2D eigenvalue weighted by Gasteiger charge is 2.36. The Balaban J connectivity index is 1.51. The van der Waals surface area contributed by atoms with Crippen molar-refractivity contribution >= 4 is 40.2 Å². The number of hydrogen-bond donors (Lipinski definition) is 0. The van der Waals surface area contributed by atoms with Gasteiger partial charge in [0.1, 0.15) is 13.2 Å². The number of methoxy groups -OCH3 is 1. The molecule has 0 saturated carbocycles. The molecule has 1 atom stereocenters. The number of carbonyl (C=O) groups excluding carboxylic acids is 2. The molecular formula is C23H30N4O4S2. The highest BCUT2D eigenvalue weighted by molar-refractivity contribution is 7.12. The van der Waals surface area contributed by atoms with Gasteiger partial charge in [0.2, 0.25) is 5.91 Å². The van der Waals surface area contributed by atoms with Gasteiger partial charge in [-0.1, -0.05) is 6.07 Å². The first-order valence-corrected chi connectivity index (χ1v) is 12.9. The molecule has 4 heterocycles. The number of carbonyl (C=O) groups is 2. The SMILES string of the molecule is COCC(=O)N(CCN1CCOCC1)CC(=O)N1N=C(c2cccs2)C[C@@H]1c1sccc1C. The molecule has 4 rings (SSSR count). The quantitative estimate of drug-likeness (QED) is 0.540. The minimum Gasteiger partial charge on any atom is -0.379 e. The Morgan fingerprint density at radius 2 is 2.06 bits per heavy atom. The molecule has 33 heavy (non-hydrogen) atoms. The van der Waals surface area contributed by atoms with Crippen LogP contribution in [0.2, 0.25) is 0 Å². The lowest BCUT2D eigenvalue weighted by Gasteiger charge is -2.31. The number of hydrazone groups is 1. The number of amides is 2. The Kier molecular flexibility index (Phi) is 8.26. The van der Waals surface area contributed by atoms with Gasteiger partial charge in [0.15, 0.2) is 0 Å². The molecule has 1 saturated heterocycles. The Bertz CT molecular complexity index is 969. The average molecular weight is 491 g/mol. The maximum absolute atomic E-state index is 13.5. The summed E-state index contributed by atoms with van der Waals surface area (Å²) in [7, 11) is 1.49. The summed E-state index contributed by atoms with van der Waals surface area (Å²) in [5.41, 5.74) is 2.07. The molecular weight excluding hydrogens is 460 g/mol. The van der Waals surface area contributed by atoms with Crippen LogP contribution >= 0.6 is 22.7 Å². The Hall–Kier alpha value is -2.11. The van der Waals surface area contributed by atoms with Crippen LogP contribution in [0.3, 0.4) is 0 Å². The van der Waals surface area contributed by atoms with Crippen molar-refractivity contribution in [3.63, 3.8) is 0 Å². The standard InChI is InChI=1S/C23H30N4O4S2/c1-17-5-13-33-23(17)19-14-18(20-4-3-12-32-20)24-27(19)21(28)15-26(22(29)16-30-2)7-6-25-8-10-31-11-9-25/h3-5,12-13,19H,6-11,14-16H2,1-2H3/t19-/m1/s1. The lowest BCUT2D eigenvalue weighted by atomic mass is 10.1. The molecule has 0 bridgehead atoms. The van der Waals surface area contributed by atoms with Gasteiger partial charge in [0, 0.05) is 44.6 Å². The molecule has 1 fully saturated rings. The Labute approximate surface area is 202 Å². The van der Waals surface area contributed by atoms with Gasteiger partial charge in [0.25, 0.3) is 5.91 Å². The summed E-state index contributed by atoms with van der Waals surface area (Å²) in [6.07, 6.45) is 0.674. The summed E-state index contributed by atoms with van der Waals surface area (Å²) in [4.78, 5) is 32.3. The van der Waals surface area contributed by atoms with E-state index < -0.39 is 0 Å². The zero-order valence-electron chi connectivity index (χ0n) is 19.1. The number of ether oxygens (including phenoxy) is 2. The van der Waals surface area contributed by atoms with E-state index in [-0.39, 0.29) is 31.0 Å². The monoisotopic (exact) mass is 490 g/mol. The van der Waals surface area contributed by atoms with Crippen LogP contribution in [0.15, 0.2) is 34.1 Å². The molecule has 10 heteroatoms. The van der Waals surface area contributed by atoms with Gasteiger partial charge >= 0.3 is 0 Å². The van der Waals surface area contributed by atoms with Crippen LogP contribution in [0.5, 0.6) is 0 Å². The summed E-state index contributed by atoms with van der Waals surface area (Å²) in [5, 5.41) is 10.4. The Morgan fingerprint density at radius 1 is 1.24 bits per heavy atom. The highest BCUT2D eigenvalue weighted by Crippen LogP contribution is 2.37. The third-order valence-electron chi connectivity index (χ3n) is 5.91. The van der Waals surface area contributed by atoms with Crippen LogP contribution in [0.25, 0.3) is 0 Å². The van der Waals surface area contributed by atoms with E-state index in [1.165, 1.54) is 7.11 Å². The van der Waals surface area contributed by atoms with E-state index in [0.717, 1.165) is 34.1 Å². The van der Waals surface area contributed by atoms with Crippen molar-refractivity contribution in [3.8, 4) is 0 Å². The fourth-order valence-electron chi connectivity index (χ4n) is 4.09. The van der Waals surface area contributed by atoms with Gasteiger partial charge < -0.3 is 14.4 Å². The minimum absolute atomic E-state index is 0.0192. The minimum atomic E-state index is -0.190. The van der Waals surface area contributed by atoms with Crippen molar-refractivity contribution in [3.05, 3.63) is 44.3 Å². The van der Waals surface area contributed by atoms with E-state index in [9.17, 15) is 9.59 Å². The first-order valence-electron chi connectivity index (χ1n) is 11.1. The van der Waals surface area contributed by atoms with Crippen molar-refractivity contribution in [2.75, 3.05) is 59.7 Å². The van der Waals surface area contributed by atoms with E-state index in [1.807, 2.05) is 22.9 Å². The summed E-state index contributed by atoms with van der Waals surface area (Å²) >= 11 is 3.27. The van der Waals surface area contributed by atoms with Crippen LogP contribution < -0.4 is 0 Å². The second-order valence-corrected chi connectivity index (χ2v) is 10.0. The van der Waals surface area contributed by atoms with Gasteiger partial charge in [-0.15, -0.1) is 22.7 Å². The number of nitrogens with zero attached hydrogens (tertiary/aromatic N) is 4. The number of thiophene rings is 2. The first-order chi connectivity index (χ1) is 16.1. The second kappa shape index (κ2) is 11.3.